The van der Waals surface area contributed by atoms with E-state index >= 15 is 0 Å². The van der Waals surface area contributed by atoms with Crippen molar-refractivity contribution in [2.45, 2.75) is 57.1 Å². The molecule has 136 valence electrons. The van der Waals surface area contributed by atoms with E-state index in [4.69, 9.17) is 4.74 Å². The standard InChI is InChI=1S/C22H31NO2/c24-22(20-10-14-25-15-11-20)19-6-4-17(5-7-19)16-18-8-12-23(13-9-18)21-2-1-3-21/h4-7,16,20-22,24H,1-3,8-15H2. The van der Waals surface area contributed by atoms with Gasteiger partial charge in [-0.3, -0.25) is 4.90 Å². The number of likely N-dealkylation sites (tertiary alicyclic amines) is 1. The lowest BCUT2D eigenvalue weighted by molar-refractivity contribution is 0.00718. The van der Waals surface area contributed by atoms with Gasteiger partial charge in [0.2, 0.25) is 0 Å². The number of aliphatic hydroxyl groups excluding tert-OH is 1. The van der Waals surface area contributed by atoms with Crippen LogP contribution in [0, 0.1) is 5.92 Å². The van der Waals surface area contributed by atoms with Crippen LogP contribution in [0.4, 0.5) is 0 Å². The second kappa shape index (κ2) is 8.03. The average molecular weight is 341 g/mol. The van der Waals surface area contributed by atoms with E-state index in [0.29, 0.717) is 5.92 Å². The number of rotatable bonds is 4. The zero-order chi connectivity index (χ0) is 17.1. The summed E-state index contributed by atoms with van der Waals surface area (Å²) in [5, 5.41) is 10.6. The monoisotopic (exact) mass is 341 g/mol. The number of benzene rings is 1. The maximum absolute atomic E-state index is 10.6. The van der Waals surface area contributed by atoms with Crippen LogP contribution >= 0.6 is 0 Å². The van der Waals surface area contributed by atoms with Crippen molar-refractivity contribution in [1.82, 2.24) is 4.90 Å². The molecule has 3 nitrogen and oxygen atoms in total. The van der Waals surface area contributed by atoms with Gasteiger partial charge in [0.15, 0.2) is 0 Å². The number of aliphatic hydroxyl groups is 1. The van der Waals surface area contributed by atoms with Crippen molar-refractivity contribution in [3.05, 3.63) is 41.0 Å². The van der Waals surface area contributed by atoms with E-state index in [1.807, 2.05) is 0 Å². The molecule has 0 radical (unpaired) electrons. The summed E-state index contributed by atoms with van der Waals surface area (Å²) >= 11 is 0. The van der Waals surface area contributed by atoms with Crippen LogP contribution in [0.3, 0.4) is 0 Å². The number of nitrogens with zero attached hydrogens (tertiary/aromatic N) is 1. The Morgan fingerprint density at radius 2 is 1.68 bits per heavy atom. The molecule has 3 heteroatoms. The summed E-state index contributed by atoms with van der Waals surface area (Å²) in [5.74, 6) is 0.341. The first-order valence-corrected chi connectivity index (χ1v) is 10.1. The fourth-order valence-electron chi connectivity index (χ4n) is 4.40. The molecule has 2 aliphatic heterocycles. The Kier molecular flexibility index (Phi) is 5.54. The molecule has 0 spiro atoms. The van der Waals surface area contributed by atoms with Crippen LogP contribution in [0.5, 0.6) is 0 Å². The maximum Gasteiger partial charge on any atom is 0.0819 e. The van der Waals surface area contributed by atoms with E-state index in [9.17, 15) is 5.11 Å². The SMILES string of the molecule is OC(c1ccc(C=C2CCN(C3CCC3)CC2)cc1)C1CCOCC1. The van der Waals surface area contributed by atoms with E-state index in [2.05, 4.69) is 35.2 Å². The summed E-state index contributed by atoms with van der Waals surface area (Å²) in [4.78, 5) is 2.69. The molecule has 0 bridgehead atoms. The third-order valence-corrected chi connectivity index (χ3v) is 6.39. The second-order valence-corrected chi connectivity index (χ2v) is 7.98. The molecule has 3 fully saturated rings. The molecule has 2 heterocycles. The van der Waals surface area contributed by atoms with Gasteiger partial charge in [-0.05, 0) is 55.6 Å². The van der Waals surface area contributed by atoms with E-state index in [1.54, 1.807) is 5.57 Å². The van der Waals surface area contributed by atoms with Crippen molar-refractivity contribution >= 4 is 6.08 Å². The van der Waals surface area contributed by atoms with Crippen LogP contribution in [0.15, 0.2) is 29.8 Å². The largest absolute Gasteiger partial charge is 0.388 e. The molecule has 1 aromatic carbocycles. The summed E-state index contributed by atoms with van der Waals surface area (Å²) in [6.45, 7) is 4.03. The molecule has 1 N–H and O–H groups in total. The molecule has 2 saturated heterocycles. The van der Waals surface area contributed by atoms with Gasteiger partial charge in [-0.2, -0.15) is 0 Å². The quantitative estimate of drug-likeness (QED) is 0.892. The van der Waals surface area contributed by atoms with Gasteiger partial charge >= 0.3 is 0 Å². The van der Waals surface area contributed by atoms with Gasteiger partial charge in [0.05, 0.1) is 6.10 Å². The Morgan fingerprint density at radius 3 is 2.28 bits per heavy atom. The Labute approximate surface area is 151 Å². The molecule has 3 aliphatic rings. The minimum atomic E-state index is -0.351. The molecule has 0 amide bonds. The predicted molar refractivity (Wildman–Crippen MR) is 101 cm³/mol. The molecule has 1 aromatic rings. The molecular weight excluding hydrogens is 310 g/mol. The Bertz CT molecular complexity index is 575. The highest BCUT2D eigenvalue weighted by molar-refractivity contribution is 5.53. The third kappa shape index (κ3) is 4.16. The van der Waals surface area contributed by atoms with Crippen molar-refractivity contribution in [1.29, 1.82) is 0 Å². The summed E-state index contributed by atoms with van der Waals surface area (Å²) < 4.78 is 5.40. The first-order valence-electron chi connectivity index (χ1n) is 10.1. The molecule has 1 aliphatic carbocycles. The molecule has 1 saturated carbocycles. The first kappa shape index (κ1) is 17.3. The van der Waals surface area contributed by atoms with Crippen LogP contribution in [0.25, 0.3) is 6.08 Å². The van der Waals surface area contributed by atoms with Crippen LogP contribution in [0.2, 0.25) is 0 Å². The van der Waals surface area contributed by atoms with Gasteiger partial charge in [-0.15, -0.1) is 0 Å². The van der Waals surface area contributed by atoms with Crippen molar-refractivity contribution in [2.24, 2.45) is 5.92 Å². The second-order valence-electron chi connectivity index (χ2n) is 7.98. The minimum Gasteiger partial charge on any atom is -0.388 e. The molecular formula is C22H31NO2. The van der Waals surface area contributed by atoms with E-state index < -0.39 is 0 Å². The Morgan fingerprint density at radius 1 is 1.00 bits per heavy atom. The maximum atomic E-state index is 10.6. The van der Waals surface area contributed by atoms with Crippen molar-refractivity contribution in [2.75, 3.05) is 26.3 Å². The highest BCUT2D eigenvalue weighted by Crippen LogP contribution is 2.31. The molecule has 0 aromatic heterocycles. The average Bonchev–Trinajstić information content (AvgIpc) is 2.63. The Hall–Kier alpha value is -1.16. The summed E-state index contributed by atoms with van der Waals surface area (Å²) in [6, 6.07) is 9.44. The highest BCUT2D eigenvalue weighted by atomic mass is 16.5. The number of ether oxygens (including phenoxy) is 1. The van der Waals surface area contributed by atoms with Gasteiger partial charge < -0.3 is 9.84 Å². The zero-order valence-corrected chi connectivity index (χ0v) is 15.2. The van der Waals surface area contributed by atoms with E-state index in [0.717, 1.165) is 37.7 Å². The first-order chi connectivity index (χ1) is 12.3. The van der Waals surface area contributed by atoms with Gasteiger partial charge in [-0.1, -0.05) is 42.3 Å². The van der Waals surface area contributed by atoms with Gasteiger partial charge in [0, 0.05) is 32.3 Å². The topological polar surface area (TPSA) is 32.7 Å². The van der Waals surface area contributed by atoms with E-state index in [-0.39, 0.29) is 6.10 Å². The zero-order valence-electron chi connectivity index (χ0n) is 15.2. The smallest absolute Gasteiger partial charge is 0.0819 e. The predicted octanol–water partition coefficient (Wildman–Crippen LogP) is 4.18. The summed E-state index contributed by atoms with van der Waals surface area (Å²) in [6.07, 6.45) is 10.6. The van der Waals surface area contributed by atoms with Crippen LogP contribution in [-0.4, -0.2) is 42.4 Å². The van der Waals surface area contributed by atoms with Crippen molar-refractivity contribution < 1.29 is 9.84 Å². The third-order valence-electron chi connectivity index (χ3n) is 6.39. The lowest BCUT2D eigenvalue weighted by atomic mass is 9.88. The van der Waals surface area contributed by atoms with Crippen LogP contribution < -0.4 is 0 Å². The molecule has 4 rings (SSSR count). The summed E-state index contributed by atoms with van der Waals surface area (Å²) in [5.41, 5.74) is 3.90. The number of hydrogen-bond donors (Lipinski definition) is 1. The van der Waals surface area contributed by atoms with Gasteiger partial charge in [0.25, 0.3) is 0 Å². The normalized spacial score (nSPS) is 24.8. The number of hydrogen-bond acceptors (Lipinski definition) is 3. The lowest BCUT2D eigenvalue weighted by Crippen LogP contribution is -2.43. The van der Waals surface area contributed by atoms with Crippen LogP contribution in [0.1, 0.15) is 62.2 Å². The fraction of sp³-hybridized carbons (Fsp3) is 0.636. The van der Waals surface area contributed by atoms with Gasteiger partial charge in [0.1, 0.15) is 0 Å². The van der Waals surface area contributed by atoms with Crippen molar-refractivity contribution in [3.8, 4) is 0 Å². The molecule has 1 unspecified atom stereocenters. The number of piperidine rings is 1. The fourth-order valence-corrected chi connectivity index (χ4v) is 4.40. The summed E-state index contributed by atoms with van der Waals surface area (Å²) in [7, 11) is 0. The lowest BCUT2D eigenvalue weighted by Gasteiger charge is -2.40. The van der Waals surface area contributed by atoms with Gasteiger partial charge in [-0.25, -0.2) is 0 Å². The molecule has 25 heavy (non-hydrogen) atoms. The van der Waals surface area contributed by atoms with E-state index in [1.165, 1.54) is 50.8 Å². The van der Waals surface area contributed by atoms with Crippen LogP contribution in [-0.2, 0) is 4.74 Å². The minimum absolute atomic E-state index is 0.341. The molecule has 1 atom stereocenters. The van der Waals surface area contributed by atoms with Crippen molar-refractivity contribution in [3.63, 3.8) is 0 Å². The highest BCUT2D eigenvalue weighted by Gasteiger charge is 2.27. The Balaban J connectivity index is 1.34.